The van der Waals surface area contributed by atoms with Gasteiger partial charge in [-0.25, -0.2) is 8.78 Å². The van der Waals surface area contributed by atoms with E-state index in [9.17, 15) is 13.6 Å². The fourth-order valence-electron chi connectivity index (χ4n) is 2.38. The van der Waals surface area contributed by atoms with Crippen LogP contribution < -0.4 is 0 Å². The Balaban J connectivity index is 1.89. The molecule has 0 spiro atoms. The lowest BCUT2D eigenvalue weighted by molar-refractivity contribution is -0.126. The van der Waals surface area contributed by atoms with Gasteiger partial charge in [0.1, 0.15) is 5.78 Å². The number of aromatic nitrogens is 2. The first-order valence-electron chi connectivity index (χ1n) is 6.42. The van der Waals surface area contributed by atoms with E-state index in [1.54, 1.807) is 10.9 Å². The van der Waals surface area contributed by atoms with Gasteiger partial charge in [-0.3, -0.25) is 9.48 Å². The third kappa shape index (κ3) is 3.15. The molecule has 0 N–H and O–H groups in total. The summed E-state index contributed by atoms with van der Waals surface area (Å²) in [4.78, 5) is 12.0. The van der Waals surface area contributed by atoms with Crippen molar-refractivity contribution in [3.8, 4) is 0 Å². The lowest BCUT2D eigenvalue weighted by Crippen LogP contribution is -2.29. The average Bonchev–Trinajstić information content (AvgIpc) is 2.76. The topological polar surface area (TPSA) is 34.9 Å². The highest BCUT2D eigenvalue weighted by atomic mass is 19.3. The molecule has 100 valence electrons. The van der Waals surface area contributed by atoms with Gasteiger partial charge in [-0.05, 0) is 25.3 Å². The summed E-state index contributed by atoms with van der Waals surface area (Å²) in [6.45, 7) is 2.74. The Labute approximate surface area is 105 Å². The van der Waals surface area contributed by atoms with Crippen molar-refractivity contribution in [2.75, 3.05) is 0 Å². The molecule has 0 aliphatic heterocycles. The number of rotatable bonds is 4. The van der Waals surface area contributed by atoms with Crippen molar-refractivity contribution >= 4 is 5.78 Å². The Bertz CT molecular complexity index is 418. The first kappa shape index (κ1) is 13.2. The van der Waals surface area contributed by atoms with Gasteiger partial charge in [0.25, 0.3) is 0 Å². The molecule has 1 aromatic rings. The van der Waals surface area contributed by atoms with Crippen LogP contribution in [0.4, 0.5) is 8.78 Å². The highest BCUT2D eigenvalue weighted by Gasteiger charge is 2.37. The molecule has 0 radical (unpaired) electrons. The van der Waals surface area contributed by atoms with Crippen LogP contribution in [-0.4, -0.2) is 21.5 Å². The predicted octanol–water partition coefficient (Wildman–Crippen LogP) is 2.84. The normalized spacial score (nSPS) is 19.9. The quantitative estimate of drug-likeness (QED) is 0.830. The Hall–Kier alpha value is -1.26. The fraction of sp³-hybridized carbons (Fsp3) is 0.692. The van der Waals surface area contributed by atoms with Crippen molar-refractivity contribution in [1.82, 2.24) is 9.78 Å². The van der Waals surface area contributed by atoms with Gasteiger partial charge in [-0.2, -0.15) is 5.10 Å². The second-order valence-electron chi connectivity index (χ2n) is 4.98. The van der Waals surface area contributed by atoms with E-state index in [0.717, 1.165) is 12.1 Å². The number of alkyl halides is 2. The molecule has 0 saturated heterocycles. The summed E-state index contributed by atoms with van der Waals surface area (Å²) in [5.41, 5.74) is 0.874. The number of Topliss-reactive ketones (excluding diaryl/α,β-unsaturated/α-hetero) is 1. The van der Waals surface area contributed by atoms with E-state index in [-0.39, 0.29) is 24.5 Å². The molecule has 2 rings (SSSR count). The minimum Gasteiger partial charge on any atom is -0.299 e. The zero-order valence-corrected chi connectivity index (χ0v) is 10.5. The number of hydrogen-bond donors (Lipinski definition) is 0. The molecule has 0 atom stereocenters. The average molecular weight is 256 g/mol. The van der Waals surface area contributed by atoms with Gasteiger partial charge in [0.05, 0.1) is 6.20 Å². The highest BCUT2D eigenvalue weighted by Crippen LogP contribution is 2.36. The SMILES string of the molecule is CCn1cc(CC(=O)C2CCC(F)(F)CC2)cn1. The van der Waals surface area contributed by atoms with E-state index >= 15 is 0 Å². The van der Waals surface area contributed by atoms with Crippen molar-refractivity contribution in [1.29, 1.82) is 0 Å². The second-order valence-corrected chi connectivity index (χ2v) is 4.98. The molecule has 1 aliphatic rings. The third-order valence-electron chi connectivity index (χ3n) is 3.56. The third-order valence-corrected chi connectivity index (χ3v) is 3.56. The Kier molecular flexibility index (Phi) is 3.78. The molecule has 0 bridgehead atoms. The van der Waals surface area contributed by atoms with Crippen LogP contribution in [0, 0.1) is 5.92 Å². The minimum absolute atomic E-state index is 0.0705. The summed E-state index contributed by atoms with van der Waals surface area (Å²) >= 11 is 0. The maximum absolute atomic E-state index is 13.0. The van der Waals surface area contributed by atoms with E-state index < -0.39 is 5.92 Å². The van der Waals surface area contributed by atoms with Gasteiger partial charge in [0.15, 0.2) is 0 Å². The Morgan fingerprint density at radius 3 is 2.72 bits per heavy atom. The number of nitrogens with zero attached hydrogens (tertiary/aromatic N) is 2. The molecule has 18 heavy (non-hydrogen) atoms. The number of carbonyl (C=O) groups excluding carboxylic acids is 1. The lowest BCUT2D eigenvalue weighted by atomic mass is 9.83. The molecule has 5 heteroatoms. The number of hydrogen-bond acceptors (Lipinski definition) is 2. The van der Waals surface area contributed by atoms with Crippen molar-refractivity contribution in [2.24, 2.45) is 5.92 Å². The number of carbonyl (C=O) groups is 1. The molecular weight excluding hydrogens is 238 g/mol. The van der Waals surface area contributed by atoms with Gasteiger partial charge in [0, 0.05) is 37.9 Å². The first-order valence-corrected chi connectivity index (χ1v) is 6.42. The molecule has 1 aliphatic carbocycles. The largest absolute Gasteiger partial charge is 0.299 e. The summed E-state index contributed by atoms with van der Waals surface area (Å²) in [5, 5.41) is 4.10. The van der Waals surface area contributed by atoms with Gasteiger partial charge >= 0.3 is 0 Å². The maximum atomic E-state index is 13.0. The summed E-state index contributed by atoms with van der Waals surface area (Å²) < 4.78 is 27.7. The molecule has 1 fully saturated rings. The molecule has 3 nitrogen and oxygen atoms in total. The Morgan fingerprint density at radius 2 is 2.17 bits per heavy atom. The number of ketones is 1. The van der Waals surface area contributed by atoms with Crippen LogP contribution in [0.3, 0.4) is 0 Å². The van der Waals surface area contributed by atoms with Gasteiger partial charge < -0.3 is 0 Å². The predicted molar refractivity (Wildman–Crippen MR) is 63.5 cm³/mol. The summed E-state index contributed by atoms with van der Waals surface area (Å²) in [5.74, 6) is -2.69. The molecule has 0 amide bonds. The highest BCUT2D eigenvalue weighted by molar-refractivity contribution is 5.83. The smallest absolute Gasteiger partial charge is 0.248 e. The number of aryl methyl sites for hydroxylation is 1. The zero-order valence-electron chi connectivity index (χ0n) is 10.5. The standard InChI is InChI=1S/C13H18F2N2O/c1-2-17-9-10(8-16-17)7-12(18)11-3-5-13(14,15)6-4-11/h8-9,11H,2-7H2,1H3. The van der Waals surface area contributed by atoms with Crippen molar-refractivity contribution < 1.29 is 13.6 Å². The fourth-order valence-corrected chi connectivity index (χ4v) is 2.38. The van der Waals surface area contributed by atoms with Crippen LogP contribution in [0.2, 0.25) is 0 Å². The van der Waals surface area contributed by atoms with Gasteiger partial charge in [-0.1, -0.05) is 0 Å². The molecular formula is C13H18F2N2O. The van der Waals surface area contributed by atoms with Crippen LogP contribution in [0.1, 0.15) is 38.2 Å². The molecule has 0 unspecified atom stereocenters. The van der Waals surface area contributed by atoms with Crippen LogP contribution in [0.5, 0.6) is 0 Å². The van der Waals surface area contributed by atoms with E-state index in [1.807, 2.05) is 13.1 Å². The van der Waals surface area contributed by atoms with Gasteiger partial charge in [-0.15, -0.1) is 0 Å². The van der Waals surface area contributed by atoms with Crippen LogP contribution in [0.15, 0.2) is 12.4 Å². The summed E-state index contributed by atoms with van der Waals surface area (Å²) in [7, 11) is 0. The summed E-state index contributed by atoms with van der Waals surface area (Å²) in [6.07, 6.45) is 4.15. The first-order chi connectivity index (χ1) is 8.50. The maximum Gasteiger partial charge on any atom is 0.248 e. The molecule has 1 saturated carbocycles. The summed E-state index contributed by atoms with van der Waals surface area (Å²) in [6, 6.07) is 0. The van der Waals surface area contributed by atoms with Crippen LogP contribution in [0.25, 0.3) is 0 Å². The van der Waals surface area contributed by atoms with E-state index in [1.165, 1.54) is 0 Å². The molecule has 1 aromatic heterocycles. The van der Waals surface area contributed by atoms with Gasteiger partial charge in [0.2, 0.25) is 5.92 Å². The van der Waals surface area contributed by atoms with Crippen molar-refractivity contribution in [3.05, 3.63) is 18.0 Å². The molecule has 1 heterocycles. The van der Waals surface area contributed by atoms with Crippen molar-refractivity contribution in [3.63, 3.8) is 0 Å². The molecule has 0 aromatic carbocycles. The van der Waals surface area contributed by atoms with Crippen LogP contribution in [-0.2, 0) is 17.8 Å². The Morgan fingerprint density at radius 1 is 1.50 bits per heavy atom. The van der Waals surface area contributed by atoms with E-state index in [4.69, 9.17) is 0 Å². The minimum atomic E-state index is -2.57. The zero-order chi connectivity index (χ0) is 13.2. The lowest BCUT2D eigenvalue weighted by Gasteiger charge is -2.27. The van der Waals surface area contributed by atoms with E-state index in [2.05, 4.69) is 5.10 Å². The second kappa shape index (κ2) is 5.16. The van der Waals surface area contributed by atoms with Crippen molar-refractivity contribution in [2.45, 2.75) is 51.5 Å². The van der Waals surface area contributed by atoms with E-state index in [0.29, 0.717) is 19.3 Å². The monoisotopic (exact) mass is 256 g/mol. The van der Waals surface area contributed by atoms with Crippen LogP contribution >= 0.6 is 0 Å². The number of halogens is 2.